The van der Waals surface area contributed by atoms with Crippen LogP contribution in [0.5, 0.6) is 0 Å². The van der Waals surface area contributed by atoms with Crippen molar-refractivity contribution in [2.75, 3.05) is 20.3 Å². The zero-order chi connectivity index (χ0) is 18.0. The molecular formula is C13H24O11. The lowest BCUT2D eigenvalue weighted by molar-refractivity contribution is -0.362. The predicted molar refractivity (Wildman–Crippen MR) is 73.4 cm³/mol. The smallest absolute Gasteiger partial charge is 0.187 e. The first-order valence-electron chi connectivity index (χ1n) is 7.46. The number of rotatable bonds is 5. The van der Waals surface area contributed by atoms with Crippen LogP contribution in [0.1, 0.15) is 0 Å². The van der Waals surface area contributed by atoms with Crippen LogP contribution >= 0.6 is 0 Å². The quantitative estimate of drug-likeness (QED) is 0.251. The van der Waals surface area contributed by atoms with Gasteiger partial charge >= 0.3 is 0 Å². The van der Waals surface area contributed by atoms with Gasteiger partial charge in [0, 0.05) is 7.11 Å². The van der Waals surface area contributed by atoms with Crippen LogP contribution < -0.4 is 0 Å². The van der Waals surface area contributed by atoms with Crippen LogP contribution in [0.25, 0.3) is 0 Å². The molecule has 0 aliphatic carbocycles. The molecule has 2 heterocycles. The molecule has 0 bridgehead atoms. The Bertz CT molecular complexity index is 394. The Morgan fingerprint density at radius 2 is 1.42 bits per heavy atom. The number of ether oxygens (including phenoxy) is 4. The molecule has 2 saturated heterocycles. The standard InChI is InChI=1S/C13H24O11/c1-21-3-5-7(16)9(18)11(12(20)22-5)24-13-10(19)8(17)6(15)4(2-14)23-13/h4-20H,2-3H2,1H3/t4-,5-,6-,7-,8+,9+,10+,11+,12-,13+/m1/s1. The highest BCUT2D eigenvalue weighted by molar-refractivity contribution is 4.93. The van der Waals surface area contributed by atoms with E-state index in [1.54, 1.807) is 0 Å². The molecule has 2 aliphatic rings. The van der Waals surface area contributed by atoms with E-state index >= 15 is 0 Å². The third-order valence-electron chi connectivity index (χ3n) is 4.13. The highest BCUT2D eigenvalue weighted by Crippen LogP contribution is 2.28. The topological polar surface area (TPSA) is 179 Å². The molecule has 11 nitrogen and oxygen atoms in total. The summed E-state index contributed by atoms with van der Waals surface area (Å²) in [5.41, 5.74) is 0. The second kappa shape index (κ2) is 8.29. The van der Waals surface area contributed by atoms with Crippen LogP contribution in [-0.4, -0.2) is 117 Å². The van der Waals surface area contributed by atoms with E-state index in [4.69, 9.17) is 24.1 Å². The van der Waals surface area contributed by atoms with E-state index < -0.39 is 68.0 Å². The van der Waals surface area contributed by atoms with Gasteiger partial charge in [0.25, 0.3) is 0 Å². The minimum atomic E-state index is -1.71. The lowest BCUT2D eigenvalue weighted by Gasteiger charge is -2.45. The fraction of sp³-hybridized carbons (Fsp3) is 1.00. The second-order valence-electron chi connectivity index (χ2n) is 5.80. The molecule has 142 valence electrons. The highest BCUT2D eigenvalue weighted by Gasteiger charge is 2.50. The SMILES string of the molecule is COC[C@H]1O[C@@H](O)[C@@H](O[C@@H]2O[C@H](CO)[C@@H](O)[C@H](O)[C@@H]2O)[C@@H](O)[C@@H]1O. The molecule has 0 amide bonds. The van der Waals surface area contributed by atoms with E-state index in [1.165, 1.54) is 7.11 Å². The van der Waals surface area contributed by atoms with E-state index in [0.29, 0.717) is 0 Å². The van der Waals surface area contributed by atoms with Crippen molar-refractivity contribution in [3.63, 3.8) is 0 Å². The van der Waals surface area contributed by atoms with Crippen LogP contribution in [0.2, 0.25) is 0 Å². The first kappa shape index (κ1) is 19.9. The van der Waals surface area contributed by atoms with Crippen molar-refractivity contribution in [3.8, 4) is 0 Å². The Labute approximate surface area is 137 Å². The van der Waals surface area contributed by atoms with Gasteiger partial charge in [0.2, 0.25) is 0 Å². The van der Waals surface area contributed by atoms with E-state index in [2.05, 4.69) is 0 Å². The molecule has 11 heteroatoms. The first-order valence-corrected chi connectivity index (χ1v) is 7.46. The summed E-state index contributed by atoms with van der Waals surface area (Å²) in [4.78, 5) is 0. The molecular weight excluding hydrogens is 332 g/mol. The van der Waals surface area contributed by atoms with Crippen molar-refractivity contribution in [1.29, 1.82) is 0 Å². The van der Waals surface area contributed by atoms with Gasteiger partial charge in [-0.15, -0.1) is 0 Å². The lowest BCUT2D eigenvalue weighted by atomic mass is 9.97. The molecule has 2 rings (SSSR count). The van der Waals surface area contributed by atoms with Crippen LogP contribution in [-0.2, 0) is 18.9 Å². The van der Waals surface area contributed by atoms with Crippen LogP contribution in [0.15, 0.2) is 0 Å². The van der Waals surface area contributed by atoms with E-state index in [1.807, 2.05) is 0 Å². The number of hydrogen-bond acceptors (Lipinski definition) is 11. The van der Waals surface area contributed by atoms with Gasteiger partial charge < -0.3 is 54.7 Å². The summed E-state index contributed by atoms with van der Waals surface area (Å²) in [6.07, 6.45) is -15.0. The van der Waals surface area contributed by atoms with Crippen molar-refractivity contribution in [1.82, 2.24) is 0 Å². The molecule has 0 aromatic heterocycles. The van der Waals surface area contributed by atoms with Gasteiger partial charge in [-0.05, 0) is 0 Å². The van der Waals surface area contributed by atoms with Crippen molar-refractivity contribution in [3.05, 3.63) is 0 Å². The Morgan fingerprint density at radius 1 is 0.792 bits per heavy atom. The minimum Gasteiger partial charge on any atom is -0.394 e. The highest BCUT2D eigenvalue weighted by atomic mass is 16.7. The summed E-state index contributed by atoms with van der Waals surface area (Å²) in [5.74, 6) is 0. The molecule has 0 spiro atoms. The molecule has 0 saturated carbocycles. The molecule has 10 atom stereocenters. The van der Waals surface area contributed by atoms with Gasteiger partial charge in [0.1, 0.15) is 48.8 Å². The third-order valence-corrected chi connectivity index (χ3v) is 4.13. The number of aliphatic hydroxyl groups is 7. The Balaban J connectivity index is 2.06. The maximum atomic E-state index is 10.1. The average Bonchev–Trinajstić information content (AvgIpc) is 2.56. The minimum absolute atomic E-state index is 0.0813. The van der Waals surface area contributed by atoms with Crippen LogP contribution in [0, 0.1) is 0 Å². The van der Waals surface area contributed by atoms with Gasteiger partial charge in [-0.3, -0.25) is 0 Å². The molecule has 2 aliphatic heterocycles. The van der Waals surface area contributed by atoms with E-state index in [9.17, 15) is 30.6 Å². The molecule has 24 heavy (non-hydrogen) atoms. The molecule has 2 fully saturated rings. The fourth-order valence-corrected chi connectivity index (χ4v) is 2.70. The monoisotopic (exact) mass is 356 g/mol. The van der Waals surface area contributed by atoms with Crippen molar-refractivity contribution < 1.29 is 54.7 Å². The summed E-state index contributed by atoms with van der Waals surface area (Å²) in [7, 11) is 1.35. The zero-order valence-electron chi connectivity index (χ0n) is 13.0. The van der Waals surface area contributed by atoms with Crippen molar-refractivity contribution >= 4 is 0 Å². The molecule has 0 radical (unpaired) electrons. The largest absolute Gasteiger partial charge is 0.394 e. The third kappa shape index (κ3) is 3.86. The Kier molecular flexibility index (Phi) is 6.87. The molecule has 0 aromatic carbocycles. The van der Waals surface area contributed by atoms with Crippen molar-refractivity contribution in [2.24, 2.45) is 0 Å². The van der Waals surface area contributed by atoms with Gasteiger partial charge in [-0.25, -0.2) is 0 Å². The predicted octanol–water partition coefficient (Wildman–Crippen LogP) is -4.74. The number of hydrogen-bond donors (Lipinski definition) is 7. The summed E-state index contributed by atoms with van der Waals surface area (Å²) in [6.45, 7) is -0.738. The van der Waals surface area contributed by atoms with Crippen LogP contribution in [0.3, 0.4) is 0 Å². The first-order chi connectivity index (χ1) is 11.3. The second-order valence-corrected chi connectivity index (χ2v) is 5.80. The van der Waals surface area contributed by atoms with Crippen LogP contribution in [0.4, 0.5) is 0 Å². The van der Waals surface area contributed by atoms with Gasteiger partial charge in [-0.2, -0.15) is 0 Å². The number of aliphatic hydroxyl groups excluding tert-OH is 7. The zero-order valence-corrected chi connectivity index (χ0v) is 13.0. The Hall–Kier alpha value is -0.440. The van der Waals surface area contributed by atoms with Crippen molar-refractivity contribution in [2.45, 2.75) is 61.4 Å². The van der Waals surface area contributed by atoms with Gasteiger partial charge in [0.05, 0.1) is 13.2 Å². The fourth-order valence-electron chi connectivity index (χ4n) is 2.70. The maximum Gasteiger partial charge on any atom is 0.187 e. The summed E-state index contributed by atoms with van der Waals surface area (Å²) >= 11 is 0. The molecule has 0 aromatic rings. The van der Waals surface area contributed by atoms with Gasteiger partial charge in [-0.1, -0.05) is 0 Å². The van der Waals surface area contributed by atoms with E-state index in [-0.39, 0.29) is 6.61 Å². The lowest BCUT2D eigenvalue weighted by Crippen LogP contribution is -2.64. The molecule has 0 unspecified atom stereocenters. The van der Waals surface area contributed by atoms with E-state index in [0.717, 1.165) is 0 Å². The normalized spacial score (nSPS) is 50.0. The maximum absolute atomic E-state index is 10.1. The summed E-state index contributed by atoms with van der Waals surface area (Å²) < 4.78 is 20.3. The molecule has 7 N–H and O–H groups in total. The summed E-state index contributed by atoms with van der Waals surface area (Å²) in [5, 5.41) is 68.4. The Morgan fingerprint density at radius 3 is 2.00 bits per heavy atom. The van der Waals surface area contributed by atoms with Gasteiger partial charge in [0.15, 0.2) is 12.6 Å². The number of methoxy groups -OCH3 is 1. The summed E-state index contributed by atoms with van der Waals surface area (Å²) in [6, 6.07) is 0. The average molecular weight is 356 g/mol.